The molecule has 0 bridgehead atoms. The molecule has 1 N–H and O–H groups in total. The molecule has 2 unspecified atom stereocenters. The van der Waals surface area contributed by atoms with Crippen molar-refractivity contribution in [1.82, 2.24) is 0 Å². The fourth-order valence-corrected chi connectivity index (χ4v) is 2.36. The molecule has 0 heterocycles. The van der Waals surface area contributed by atoms with Crippen LogP contribution < -0.4 is 0 Å². The standard InChI is InChI=1S/C13H20O3S/c1-9-5-6-10(2)12(7-9)8-13(14)11(3)17(4,15)16/h5-7,11,13-14H,8H2,1-4H3. The van der Waals surface area contributed by atoms with Crippen molar-refractivity contribution < 1.29 is 13.5 Å². The number of aliphatic hydroxyl groups excluding tert-OH is 1. The average Bonchev–Trinajstić information content (AvgIpc) is 2.21. The zero-order chi connectivity index (χ0) is 13.2. The van der Waals surface area contributed by atoms with E-state index in [1.54, 1.807) is 6.92 Å². The number of hydrogen-bond donors (Lipinski definition) is 1. The molecule has 17 heavy (non-hydrogen) atoms. The van der Waals surface area contributed by atoms with Crippen molar-refractivity contribution in [3.8, 4) is 0 Å². The highest BCUT2D eigenvalue weighted by atomic mass is 32.2. The summed E-state index contributed by atoms with van der Waals surface area (Å²) in [7, 11) is -3.20. The van der Waals surface area contributed by atoms with Gasteiger partial charge in [0.15, 0.2) is 9.84 Å². The molecule has 0 spiro atoms. The molecule has 96 valence electrons. The summed E-state index contributed by atoms with van der Waals surface area (Å²) in [6.45, 7) is 5.49. The maximum atomic E-state index is 11.4. The number of aryl methyl sites for hydroxylation is 2. The molecule has 0 fully saturated rings. The van der Waals surface area contributed by atoms with Gasteiger partial charge in [0.05, 0.1) is 11.4 Å². The lowest BCUT2D eigenvalue weighted by molar-refractivity contribution is 0.173. The lowest BCUT2D eigenvalue weighted by Crippen LogP contribution is -2.32. The fraction of sp³-hybridized carbons (Fsp3) is 0.538. The second-order valence-corrected chi connectivity index (χ2v) is 7.14. The number of hydrogen-bond acceptors (Lipinski definition) is 3. The monoisotopic (exact) mass is 256 g/mol. The third kappa shape index (κ3) is 3.82. The van der Waals surface area contributed by atoms with Crippen molar-refractivity contribution in [3.05, 3.63) is 34.9 Å². The first-order valence-electron chi connectivity index (χ1n) is 5.65. The molecule has 1 aromatic rings. The quantitative estimate of drug-likeness (QED) is 0.891. The first-order valence-corrected chi connectivity index (χ1v) is 7.60. The summed E-state index contributed by atoms with van der Waals surface area (Å²) < 4.78 is 22.7. The largest absolute Gasteiger partial charge is 0.391 e. The van der Waals surface area contributed by atoms with E-state index >= 15 is 0 Å². The highest BCUT2D eigenvalue weighted by Crippen LogP contribution is 2.16. The molecular weight excluding hydrogens is 236 g/mol. The molecule has 0 saturated carbocycles. The molecule has 0 amide bonds. The van der Waals surface area contributed by atoms with Crippen LogP contribution in [0.15, 0.2) is 18.2 Å². The summed E-state index contributed by atoms with van der Waals surface area (Å²) >= 11 is 0. The zero-order valence-electron chi connectivity index (χ0n) is 10.8. The second-order valence-electron chi connectivity index (χ2n) is 4.74. The minimum absolute atomic E-state index is 0.377. The number of aliphatic hydroxyl groups is 1. The normalized spacial score (nSPS) is 15.6. The van der Waals surface area contributed by atoms with Crippen LogP contribution >= 0.6 is 0 Å². The van der Waals surface area contributed by atoms with Crippen molar-refractivity contribution >= 4 is 9.84 Å². The molecule has 0 aliphatic carbocycles. The Morgan fingerprint density at radius 3 is 2.41 bits per heavy atom. The van der Waals surface area contributed by atoms with Crippen molar-refractivity contribution in [3.63, 3.8) is 0 Å². The molecule has 0 radical (unpaired) electrons. The average molecular weight is 256 g/mol. The summed E-state index contributed by atoms with van der Waals surface area (Å²) in [6.07, 6.45) is 0.677. The van der Waals surface area contributed by atoms with Crippen LogP contribution in [-0.4, -0.2) is 31.1 Å². The Balaban J connectivity index is 2.88. The van der Waals surface area contributed by atoms with Gasteiger partial charge in [0.2, 0.25) is 0 Å². The van der Waals surface area contributed by atoms with E-state index in [0.29, 0.717) is 6.42 Å². The first-order chi connectivity index (χ1) is 7.71. The van der Waals surface area contributed by atoms with Gasteiger partial charge in [-0.25, -0.2) is 8.42 Å². The maximum absolute atomic E-state index is 11.4. The van der Waals surface area contributed by atoms with E-state index in [-0.39, 0.29) is 0 Å². The van der Waals surface area contributed by atoms with Crippen LogP contribution in [-0.2, 0) is 16.3 Å². The smallest absolute Gasteiger partial charge is 0.152 e. The summed E-state index contributed by atoms with van der Waals surface area (Å²) in [5, 5.41) is 9.21. The summed E-state index contributed by atoms with van der Waals surface area (Å²) in [5.74, 6) is 0. The van der Waals surface area contributed by atoms with Gasteiger partial charge in [-0.05, 0) is 38.3 Å². The molecule has 2 atom stereocenters. The van der Waals surface area contributed by atoms with Crippen molar-refractivity contribution in [2.24, 2.45) is 0 Å². The predicted molar refractivity (Wildman–Crippen MR) is 69.9 cm³/mol. The molecule has 0 aliphatic rings. The summed E-state index contributed by atoms with van der Waals surface area (Å²) in [5.41, 5.74) is 3.20. The van der Waals surface area contributed by atoms with Crippen LogP contribution in [0.25, 0.3) is 0 Å². The highest BCUT2D eigenvalue weighted by molar-refractivity contribution is 7.91. The van der Waals surface area contributed by atoms with Crippen molar-refractivity contribution in [2.75, 3.05) is 6.26 Å². The number of rotatable bonds is 4. The summed E-state index contributed by atoms with van der Waals surface area (Å²) in [4.78, 5) is 0. The van der Waals surface area contributed by atoms with Crippen molar-refractivity contribution in [2.45, 2.75) is 38.5 Å². The Morgan fingerprint density at radius 1 is 1.29 bits per heavy atom. The van der Waals surface area contributed by atoms with Gasteiger partial charge in [-0.15, -0.1) is 0 Å². The van der Waals surface area contributed by atoms with Gasteiger partial charge in [0.25, 0.3) is 0 Å². The van der Waals surface area contributed by atoms with Crippen LogP contribution in [0.5, 0.6) is 0 Å². The van der Waals surface area contributed by atoms with E-state index in [1.165, 1.54) is 0 Å². The van der Waals surface area contributed by atoms with Gasteiger partial charge in [0.1, 0.15) is 0 Å². The molecule has 0 aromatic heterocycles. The molecule has 0 aliphatic heterocycles. The molecule has 0 saturated heterocycles. The van der Waals surface area contributed by atoms with Gasteiger partial charge in [0, 0.05) is 6.26 Å². The Bertz CT molecular complexity index is 491. The minimum Gasteiger partial charge on any atom is -0.391 e. The molecule has 3 nitrogen and oxygen atoms in total. The third-order valence-corrected chi connectivity index (χ3v) is 4.82. The Hall–Kier alpha value is -0.870. The Kier molecular flexibility index (Phi) is 4.33. The van der Waals surface area contributed by atoms with E-state index in [0.717, 1.165) is 22.9 Å². The van der Waals surface area contributed by atoms with E-state index in [2.05, 4.69) is 0 Å². The molecule has 1 aromatic carbocycles. The maximum Gasteiger partial charge on any atom is 0.152 e. The molecular formula is C13H20O3S. The van der Waals surface area contributed by atoms with Crippen molar-refractivity contribution in [1.29, 1.82) is 0 Å². The molecule has 4 heteroatoms. The van der Waals surface area contributed by atoms with E-state index in [1.807, 2.05) is 32.0 Å². The lowest BCUT2D eigenvalue weighted by atomic mass is 9.99. The van der Waals surface area contributed by atoms with Crippen LogP contribution in [0.2, 0.25) is 0 Å². The topological polar surface area (TPSA) is 54.4 Å². The lowest BCUT2D eigenvalue weighted by Gasteiger charge is -2.18. The van der Waals surface area contributed by atoms with Gasteiger partial charge >= 0.3 is 0 Å². The Morgan fingerprint density at radius 2 is 1.88 bits per heavy atom. The third-order valence-electron chi connectivity index (χ3n) is 3.15. The van der Waals surface area contributed by atoms with E-state index < -0.39 is 21.2 Å². The van der Waals surface area contributed by atoms with Crippen LogP contribution in [0.4, 0.5) is 0 Å². The minimum atomic E-state index is -3.20. The highest BCUT2D eigenvalue weighted by Gasteiger charge is 2.24. The molecule has 1 rings (SSSR count). The van der Waals surface area contributed by atoms with Crippen LogP contribution in [0.3, 0.4) is 0 Å². The van der Waals surface area contributed by atoms with E-state index in [4.69, 9.17) is 0 Å². The summed E-state index contributed by atoms with van der Waals surface area (Å²) in [6, 6.07) is 5.99. The Labute approximate surface area is 103 Å². The zero-order valence-corrected chi connectivity index (χ0v) is 11.6. The first kappa shape index (κ1) is 14.2. The van der Waals surface area contributed by atoms with Gasteiger partial charge in [-0.2, -0.15) is 0 Å². The number of benzene rings is 1. The van der Waals surface area contributed by atoms with Crippen LogP contribution in [0, 0.1) is 13.8 Å². The second kappa shape index (κ2) is 5.19. The van der Waals surface area contributed by atoms with Gasteiger partial charge < -0.3 is 5.11 Å². The van der Waals surface area contributed by atoms with E-state index in [9.17, 15) is 13.5 Å². The van der Waals surface area contributed by atoms with Gasteiger partial charge in [-0.3, -0.25) is 0 Å². The number of sulfone groups is 1. The van der Waals surface area contributed by atoms with Crippen LogP contribution in [0.1, 0.15) is 23.6 Å². The fourth-order valence-electron chi connectivity index (χ4n) is 1.70. The van der Waals surface area contributed by atoms with Gasteiger partial charge in [-0.1, -0.05) is 23.8 Å². The SMILES string of the molecule is Cc1ccc(C)c(CC(O)C(C)S(C)(=O)=O)c1. The predicted octanol–water partition coefficient (Wildman–Crippen LogP) is 1.64.